The molecule has 0 heterocycles. The van der Waals surface area contributed by atoms with Crippen molar-refractivity contribution in [3.05, 3.63) is 24.3 Å². The van der Waals surface area contributed by atoms with Crippen molar-refractivity contribution in [1.29, 1.82) is 0 Å². The SMILES string of the molecule is CCOC(=O)C(C)(C)Oc1ccc(NC(N)=S)cc1. The maximum Gasteiger partial charge on any atom is 0.349 e. The van der Waals surface area contributed by atoms with Crippen molar-refractivity contribution in [3.8, 4) is 5.75 Å². The molecule has 1 rings (SSSR count). The Morgan fingerprint density at radius 1 is 1.37 bits per heavy atom. The van der Waals surface area contributed by atoms with E-state index in [0.717, 1.165) is 5.69 Å². The van der Waals surface area contributed by atoms with Crippen LogP contribution in [-0.4, -0.2) is 23.3 Å². The molecule has 0 radical (unpaired) electrons. The minimum Gasteiger partial charge on any atom is -0.476 e. The second kappa shape index (κ2) is 6.38. The molecule has 104 valence electrons. The number of esters is 1. The van der Waals surface area contributed by atoms with Crippen LogP contribution >= 0.6 is 12.2 Å². The Morgan fingerprint density at radius 3 is 2.42 bits per heavy atom. The van der Waals surface area contributed by atoms with Crippen LogP contribution in [-0.2, 0) is 9.53 Å². The Balaban J connectivity index is 2.71. The topological polar surface area (TPSA) is 73.6 Å². The molecule has 3 N–H and O–H groups in total. The van der Waals surface area contributed by atoms with Crippen LogP contribution in [0.4, 0.5) is 5.69 Å². The van der Waals surface area contributed by atoms with Gasteiger partial charge in [-0.05, 0) is 57.3 Å². The number of hydrogen-bond acceptors (Lipinski definition) is 4. The first-order valence-electron chi connectivity index (χ1n) is 5.88. The number of benzene rings is 1. The molecule has 19 heavy (non-hydrogen) atoms. The Hall–Kier alpha value is -1.82. The number of ether oxygens (including phenoxy) is 2. The zero-order chi connectivity index (χ0) is 14.5. The lowest BCUT2D eigenvalue weighted by atomic mass is 10.1. The van der Waals surface area contributed by atoms with Crippen LogP contribution in [0.1, 0.15) is 20.8 Å². The summed E-state index contributed by atoms with van der Waals surface area (Å²) in [5.41, 5.74) is 5.09. The Morgan fingerprint density at radius 2 is 1.95 bits per heavy atom. The second-order valence-corrected chi connectivity index (χ2v) is 4.79. The van der Waals surface area contributed by atoms with E-state index < -0.39 is 11.6 Å². The van der Waals surface area contributed by atoms with Gasteiger partial charge in [0.1, 0.15) is 5.75 Å². The normalized spacial score (nSPS) is 10.7. The summed E-state index contributed by atoms with van der Waals surface area (Å²) in [6, 6.07) is 6.97. The van der Waals surface area contributed by atoms with Crippen molar-refractivity contribution in [1.82, 2.24) is 0 Å². The smallest absolute Gasteiger partial charge is 0.349 e. The predicted molar refractivity (Wildman–Crippen MR) is 78.2 cm³/mol. The molecule has 0 atom stereocenters. The van der Waals surface area contributed by atoms with Crippen LogP contribution in [0.5, 0.6) is 5.75 Å². The summed E-state index contributed by atoms with van der Waals surface area (Å²) in [7, 11) is 0. The third kappa shape index (κ3) is 4.75. The van der Waals surface area contributed by atoms with Crippen LogP contribution in [0.25, 0.3) is 0 Å². The van der Waals surface area contributed by atoms with Crippen molar-refractivity contribution in [3.63, 3.8) is 0 Å². The molecule has 0 bridgehead atoms. The van der Waals surface area contributed by atoms with Gasteiger partial charge >= 0.3 is 5.97 Å². The van der Waals surface area contributed by atoms with E-state index in [1.54, 1.807) is 45.0 Å². The standard InChI is InChI=1S/C13H18N2O3S/c1-4-17-11(16)13(2,3)18-10-7-5-9(6-8-10)15-12(14)19/h5-8H,4H2,1-3H3,(H3,14,15,19). The fourth-order valence-electron chi connectivity index (χ4n) is 1.39. The highest BCUT2D eigenvalue weighted by Gasteiger charge is 2.31. The predicted octanol–water partition coefficient (Wildman–Crippen LogP) is 2.06. The lowest BCUT2D eigenvalue weighted by molar-refractivity contribution is -0.158. The van der Waals surface area contributed by atoms with Crippen molar-refractivity contribution < 1.29 is 14.3 Å². The zero-order valence-corrected chi connectivity index (χ0v) is 12.0. The van der Waals surface area contributed by atoms with Gasteiger partial charge in [0.05, 0.1) is 6.61 Å². The van der Waals surface area contributed by atoms with E-state index >= 15 is 0 Å². The summed E-state index contributed by atoms with van der Waals surface area (Å²) in [4.78, 5) is 11.7. The number of nitrogens with two attached hydrogens (primary N) is 1. The van der Waals surface area contributed by atoms with Gasteiger partial charge in [-0.2, -0.15) is 0 Å². The Bertz CT molecular complexity index is 457. The second-order valence-electron chi connectivity index (χ2n) is 4.35. The van der Waals surface area contributed by atoms with E-state index in [4.69, 9.17) is 27.4 Å². The molecule has 0 aliphatic carbocycles. The highest BCUT2D eigenvalue weighted by molar-refractivity contribution is 7.80. The lowest BCUT2D eigenvalue weighted by Gasteiger charge is -2.24. The van der Waals surface area contributed by atoms with Gasteiger partial charge in [-0.3, -0.25) is 0 Å². The van der Waals surface area contributed by atoms with Crippen LogP contribution in [0, 0.1) is 0 Å². The van der Waals surface area contributed by atoms with E-state index in [9.17, 15) is 4.79 Å². The summed E-state index contributed by atoms with van der Waals surface area (Å²) < 4.78 is 10.6. The first-order valence-corrected chi connectivity index (χ1v) is 6.28. The van der Waals surface area contributed by atoms with E-state index in [1.807, 2.05) is 0 Å². The van der Waals surface area contributed by atoms with Gasteiger partial charge in [0.25, 0.3) is 0 Å². The molecule has 0 aliphatic heterocycles. The minimum absolute atomic E-state index is 0.195. The number of nitrogens with one attached hydrogen (secondary N) is 1. The molecule has 0 aromatic heterocycles. The van der Waals surface area contributed by atoms with Crippen molar-refractivity contribution in [2.45, 2.75) is 26.4 Å². The van der Waals surface area contributed by atoms with Crippen LogP contribution < -0.4 is 15.8 Å². The summed E-state index contributed by atoms with van der Waals surface area (Å²) in [6.07, 6.45) is 0. The van der Waals surface area contributed by atoms with Gasteiger partial charge in [0.2, 0.25) is 0 Å². The fraction of sp³-hybridized carbons (Fsp3) is 0.385. The molecule has 0 aliphatic rings. The highest BCUT2D eigenvalue weighted by Crippen LogP contribution is 2.21. The van der Waals surface area contributed by atoms with Gasteiger partial charge in [-0.25, -0.2) is 4.79 Å². The highest BCUT2D eigenvalue weighted by atomic mass is 32.1. The lowest BCUT2D eigenvalue weighted by Crippen LogP contribution is -2.39. The van der Waals surface area contributed by atoms with E-state index in [2.05, 4.69) is 5.32 Å². The van der Waals surface area contributed by atoms with Crippen molar-refractivity contribution in [2.24, 2.45) is 5.73 Å². The Kier molecular flexibility index (Phi) is 5.11. The number of thiocarbonyl (C=S) groups is 1. The largest absolute Gasteiger partial charge is 0.476 e. The first-order chi connectivity index (χ1) is 8.85. The summed E-state index contributed by atoms with van der Waals surface area (Å²) >= 11 is 4.74. The molecule has 1 aromatic carbocycles. The number of rotatable bonds is 5. The molecular weight excluding hydrogens is 264 g/mol. The van der Waals surface area contributed by atoms with Crippen LogP contribution in [0.15, 0.2) is 24.3 Å². The number of hydrogen-bond donors (Lipinski definition) is 2. The molecule has 0 saturated heterocycles. The van der Waals surface area contributed by atoms with E-state index in [-0.39, 0.29) is 5.11 Å². The molecule has 0 amide bonds. The molecule has 5 nitrogen and oxygen atoms in total. The fourth-order valence-corrected chi connectivity index (χ4v) is 1.51. The number of carbonyl (C=O) groups is 1. The zero-order valence-electron chi connectivity index (χ0n) is 11.2. The molecule has 0 unspecified atom stereocenters. The molecule has 6 heteroatoms. The van der Waals surface area contributed by atoms with Gasteiger partial charge in [0, 0.05) is 5.69 Å². The Labute approximate surface area is 118 Å². The maximum atomic E-state index is 11.7. The van der Waals surface area contributed by atoms with Gasteiger partial charge in [-0.15, -0.1) is 0 Å². The number of anilines is 1. The molecule has 0 spiro atoms. The van der Waals surface area contributed by atoms with Gasteiger partial charge in [0.15, 0.2) is 10.7 Å². The van der Waals surface area contributed by atoms with E-state index in [1.165, 1.54) is 0 Å². The van der Waals surface area contributed by atoms with Gasteiger partial charge < -0.3 is 20.5 Å². The van der Waals surface area contributed by atoms with Crippen LogP contribution in [0.2, 0.25) is 0 Å². The average molecular weight is 282 g/mol. The van der Waals surface area contributed by atoms with E-state index in [0.29, 0.717) is 12.4 Å². The quantitative estimate of drug-likeness (QED) is 0.636. The summed E-state index contributed by atoms with van der Waals surface area (Å²) in [6.45, 7) is 5.39. The summed E-state index contributed by atoms with van der Waals surface area (Å²) in [5, 5.41) is 2.99. The number of carbonyl (C=O) groups excluding carboxylic acids is 1. The summed E-state index contributed by atoms with van der Waals surface area (Å²) in [5.74, 6) is 0.159. The molecule has 0 saturated carbocycles. The molecule has 1 aromatic rings. The third-order valence-electron chi connectivity index (χ3n) is 2.26. The third-order valence-corrected chi connectivity index (χ3v) is 2.36. The van der Waals surface area contributed by atoms with Crippen molar-refractivity contribution >= 4 is 29.0 Å². The van der Waals surface area contributed by atoms with Crippen molar-refractivity contribution in [2.75, 3.05) is 11.9 Å². The molecular formula is C13H18N2O3S. The minimum atomic E-state index is -1.03. The monoisotopic (exact) mass is 282 g/mol. The van der Waals surface area contributed by atoms with Gasteiger partial charge in [-0.1, -0.05) is 0 Å². The first kappa shape index (κ1) is 15.2. The van der Waals surface area contributed by atoms with Crippen LogP contribution in [0.3, 0.4) is 0 Å². The molecule has 0 fully saturated rings. The maximum absolute atomic E-state index is 11.7. The average Bonchev–Trinajstić information content (AvgIpc) is 2.31.